The molecule has 0 radical (unpaired) electrons. The van der Waals surface area contributed by atoms with E-state index in [1.807, 2.05) is 0 Å². The van der Waals surface area contributed by atoms with Crippen molar-refractivity contribution in [2.45, 2.75) is 6.42 Å². The standard InChI is InChI=1S/C5H9NO4.2Na.2H/c7-4(8)1-2-6-3-5(9)10;;;;/h6H,1-3H2,(H,7,8)(H,9,10);;;;. The number of carboxylic acid groups (broad SMARTS) is 2. The van der Waals surface area contributed by atoms with Gasteiger partial charge in [0.05, 0.1) is 13.0 Å². The van der Waals surface area contributed by atoms with Gasteiger partial charge >= 0.3 is 71.1 Å². The maximum atomic E-state index is 9.86. The van der Waals surface area contributed by atoms with Gasteiger partial charge in [-0.25, -0.2) is 0 Å². The van der Waals surface area contributed by atoms with E-state index in [2.05, 4.69) is 5.32 Å². The number of carboxylic acids is 2. The van der Waals surface area contributed by atoms with Crippen molar-refractivity contribution in [3.63, 3.8) is 0 Å². The minimum absolute atomic E-state index is 0. The molecular formula is C5H11NNa2O4. The molecule has 0 atom stereocenters. The van der Waals surface area contributed by atoms with E-state index in [0.717, 1.165) is 0 Å². The number of aliphatic carboxylic acids is 2. The quantitative estimate of drug-likeness (QED) is 0.343. The molecule has 0 unspecified atom stereocenters. The van der Waals surface area contributed by atoms with Crippen LogP contribution in [-0.2, 0) is 9.59 Å². The van der Waals surface area contributed by atoms with E-state index in [1.165, 1.54) is 0 Å². The fraction of sp³-hybridized carbons (Fsp3) is 0.600. The van der Waals surface area contributed by atoms with Gasteiger partial charge in [-0.15, -0.1) is 0 Å². The van der Waals surface area contributed by atoms with Gasteiger partial charge in [-0.05, 0) is 0 Å². The molecule has 0 bridgehead atoms. The van der Waals surface area contributed by atoms with Crippen LogP contribution in [0, 0.1) is 0 Å². The summed E-state index contributed by atoms with van der Waals surface area (Å²) in [6.07, 6.45) is -0.0483. The molecule has 12 heavy (non-hydrogen) atoms. The van der Waals surface area contributed by atoms with E-state index < -0.39 is 11.9 Å². The zero-order valence-corrected chi connectivity index (χ0v) is 5.33. The summed E-state index contributed by atoms with van der Waals surface area (Å²) in [5.74, 6) is -1.91. The third-order valence-corrected chi connectivity index (χ3v) is 0.792. The van der Waals surface area contributed by atoms with Crippen molar-refractivity contribution in [1.29, 1.82) is 0 Å². The minimum atomic E-state index is -0.981. The normalized spacial score (nSPS) is 7.67. The second kappa shape index (κ2) is 11.9. The Labute approximate surface area is 114 Å². The second-order valence-corrected chi connectivity index (χ2v) is 1.71. The first-order valence-electron chi connectivity index (χ1n) is 2.77. The molecule has 0 fully saturated rings. The van der Waals surface area contributed by atoms with Gasteiger partial charge in [0.1, 0.15) is 0 Å². The van der Waals surface area contributed by atoms with Crippen LogP contribution < -0.4 is 5.32 Å². The zero-order valence-electron chi connectivity index (χ0n) is 5.33. The summed E-state index contributed by atoms with van der Waals surface area (Å²) in [6.45, 7) is 0.00884. The Bertz CT molecular complexity index is 125. The number of rotatable bonds is 5. The van der Waals surface area contributed by atoms with Gasteiger partial charge in [0, 0.05) is 6.54 Å². The summed E-state index contributed by atoms with van der Waals surface area (Å²) in [5.41, 5.74) is 0. The molecule has 0 aliphatic rings. The first-order valence-corrected chi connectivity index (χ1v) is 2.77. The van der Waals surface area contributed by atoms with Crippen molar-refractivity contribution in [3.05, 3.63) is 0 Å². The molecule has 0 aromatic carbocycles. The Morgan fingerprint density at radius 1 is 1.08 bits per heavy atom. The molecule has 3 N–H and O–H groups in total. The van der Waals surface area contributed by atoms with E-state index in [1.54, 1.807) is 0 Å². The number of carbonyl (C=O) groups is 2. The van der Waals surface area contributed by atoms with Crippen LogP contribution >= 0.6 is 0 Å². The number of hydrogen-bond donors (Lipinski definition) is 3. The maximum absolute atomic E-state index is 9.86. The predicted octanol–water partition coefficient (Wildman–Crippen LogP) is -2.16. The van der Waals surface area contributed by atoms with Crippen molar-refractivity contribution in [2.24, 2.45) is 0 Å². The number of nitrogens with one attached hydrogen (secondary N) is 1. The van der Waals surface area contributed by atoms with Crippen LogP contribution in [0.2, 0.25) is 0 Å². The van der Waals surface area contributed by atoms with Gasteiger partial charge in [-0.2, -0.15) is 0 Å². The number of hydrogen-bond acceptors (Lipinski definition) is 3. The van der Waals surface area contributed by atoms with E-state index in [9.17, 15) is 9.59 Å². The summed E-state index contributed by atoms with van der Waals surface area (Å²) >= 11 is 0. The monoisotopic (exact) mass is 195 g/mol. The molecule has 0 rings (SSSR count). The van der Waals surface area contributed by atoms with Crippen LogP contribution in [0.25, 0.3) is 0 Å². The van der Waals surface area contributed by atoms with Crippen LogP contribution in [0.4, 0.5) is 0 Å². The first-order chi connectivity index (χ1) is 4.63. The Morgan fingerprint density at radius 2 is 1.58 bits per heavy atom. The fourth-order valence-electron chi connectivity index (χ4n) is 0.391. The van der Waals surface area contributed by atoms with Gasteiger partial charge in [0.2, 0.25) is 0 Å². The molecular weight excluding hydrogens is 184 g/mol. The molecule has 0 amide bonds. The van der Waals surface area contributed by atoms with Crippen molar-refractivity contribution in [1.82, 2.24) is 5.32 Å². The van der Waals surface area contributed by atoms with Gasteiger partial charge in [-0.3, -0.25) is 9.59 Å². The summed E-state index contributed by atoms with van der Waals surface area (Å²) in [4.78, 5) is 19.7. The van der Waals surface area contributed by atoms with E-state index >= 15 is 0 Å². The Balaban J connectivity index is -0.000000405. The van der Waals surface area contributed by atoms with Crippen LogP contribution in [0.15, 0.2) is 0 Å². The van der Waals surface area contributed by atoms with Crippen LogP contribution in [-0.4, -0.2) is 94.4 Å². The molecule has 0 saturated heterocycles. The van der Waals surface area contributed by atoms with E-state index in [4.69, 9.17) is 10.2 Å². The van der Waals surface area contributed by atoms with Crippen molar-refractivity contribution in [3.8, 4) is 0 Å². The molecule has 0 aliphatic heterocycles. The van der Waals surface area contributed by atoms with E-state index in [0.29, 0.717) is 0 Å². The third-order valence-electron chi connectivity index (χ3n) is 0.792. The van der Waals surface area contributed by atoms with Crippen LogP contribution in [0.5, 0.6) is 0 Å². The van der Waals surface area contributed by atoms with Crippen molar-refractivity contribution in [2.75, 3.05) is 13.1 Å². The molecule has 62 valence electrons. The second-order valence-electron chi connectivity index (χ2n) is 1.71. The fourth-order valence-corrected chi connectivity index (χ4v) is 0.391. The third kappa shape index (κ3) is 17.1. The van der Waals surface area contributed by atoms with Crippen LogP contribution in [0.3, 0.4) is 0 Å². The summed E-state index contributed by atoms with van der Waals surface area (Å²) in [7, 11) is 0. The van der Waals surface area contributed by atoms with Gasteiger partial charge in [0.25, 0.3) is 0 Å². The van der Waals surface area contributed by atoms with Crippen molar-refractivity contribution >= 4 is 71.1 Å². The Morgan fingerprint density at radius 3 is 1.92 bits per heavy atom. The average molecular weight is 195 g/mol. The molecule has 0 aromatic heterocycles. The molecule has 0 spiro atoms. The molecule has 0 heterocycles. The molecule has 5 nitrogen and oxygen atoms in total. The summed E-state index contributed by atoms with van der Waals surface area (Å²) < 4.78 is 0. The van der Waals surface area contributed by atoms with Crippen LogP contribution in [0.1, 0.15) is 6.42 Å². The van der Waals surface area contributed by atoms with Crippen molar-refractivity contribution < 1.29 is 19.8 Å². The van der Waals surface area contributed by atoms with Gasteiger partial charge in [-0.1, -0.05) is 0 Å². The predicted molar refractivity (Wildman–Crippen MR) is 47.1 cm³/mol. The first kappa shape index (κ1) is 18.6. The van der Waals surface area contributed by atoms with Gasteiger partial charge in [0.15, 0.2) is 0 Å². The molecule has 0 aromatic rings. The van der Waals surface area contributed by atoms with E-state index in [-0.39, 0.29) is 78.6 Å². The van der Waals surface area contributed by atoms with Gasteiger partial charge < -0.3 is 15.5 Å². The average Bonchev–Trinajstić information content (AvgIpc) is 1.79. The Kier molecular flexibility index (Phi) is 18.5. The molecule has 7 heteroatoms. The SMILES string of the molecule is O=C(O)CCNCC(=O)O.[NaH].[NaH]. The summed E-state index contributed by atoms with van der Waals surface area (Å²) in [5, 5.41) is 18.6. The summed E-state index contributed by atoms with van der Waals surface area (Å²) in [6, 6.07) is 0. The topological polar surface area (TPSA) is 86.6 Å². The molecule has 0 aliphatic carbocycles. The zero-order chi connectivity index (χ0) is 7.98. The molecule has 0 saturated carbocycles. The Hall–Kier alpha value is 0.900.